The number of aromatic nitrogens is 4. The fraction of sp³-hybridized carbons (Fsp3) is 0.368. The summed E-state index contributed by atoms with van der Waals surface area (Å²) in [4.78, 5) is 31.4. The summed E-state index contributed by atoms with van der Waals surface area (Å²) >= 11 is 0. The van der Waals surface area contributed by atoms with E-state index in [0.29, 0.717) is 31.3 Å². The largest absolute Gasteiger partial charge is 0.338 e. The van der Waals surface area contributed by atoms with E-state index in [1.54, 1.807) is 11.9 Å². The number of aryl methyl sites for hydroxylation is 2. The van der Waals surface area contributed by atoms with E-state index in [2.05, 4.69) is 15.4 Å². The number of hydrogen-bond acceptors (Lipinski definition) is 4. The molecule has 1 aromatic carbocycles. The molecule has 8 heteroatoms. The average molecular weight is 368 g/mol. The highest BCUT2D eigenvalue weighted by atomic mass is 16.2. The number of amides is 2. The maximum atomic E-state index is 12.8. The van der Waals surface area contributed by atoms with Crippen LogP contribution in [0, 0.1) is 0 Å². The molecule has 2 aromatic heterocycles. The van der Waals surface area contributed by atoms with Gasteiger partial charge in [0.15, 0.2) is 5.69 Å². The number of anilines is 1. The number of fused-ring (bicyclic) bond motifs is 1. The van der Waals surface area contributed by atoms with E-state index in [9.17, 15) is 9.59 Å². The molecule has 0 aliphatic carbocycles. The molecule has 0 saturated heterocycles. The Balaban J connectivity index is 1.88. The molecule has 0 aliphatic rings. The molecule has 0 aliphatic heterocycles. The molecule has 142 valence electrons. The summed E-state index contributed by atoms with van der Waals surface area (Å²) in [6.45, 7) is 7.67. The van der Waals surface area contributed by atoms with Crippen molar-refractivity contribution >= 4 is 28.8 Å². The average Bonchev–Trinajstić information content (AvgIpc) is 3.22. The van der Waals surface area contributed by atoms with Crippen molar-refractivity contribution in [3.05, 3.63) is 41.7 Å². The molecule has 8 nitrogen and oxygen atoms in total. The van der Waals surface area contributed by atoms with Crippen LogP contribution in [0.2, 0.25) is 0 Å². The van der Waals surface area contributed by atoms with E-state index in [1.807, 2.05) is 49.6 Å². The lowest BCUT2D eigenvalue weighted by Gasteiger charge is -2.16. The molecule has 0 atom stereocenters. The van der Waals surface area contributed by atoms with Gasteiger partial charge in [-0.15, -0.1) is 0 Å². The van der Waals surface area contributed by atoms with Gasteiger partial charge in [-0.2, -0.15) is 5.10 Å². The van der Waals surface area contributed by atoms with Crippen LogP contribution in [-0.2, 0) is 13.6 Å². The van der Waals surface area contributed by atoms with Crippen LogP contribution in [0.3, 0.4) is 0 Å². The molecule has 3 rings (SSSR count). The Morgan fingerprint density at radius 3 is 2.52 bits per heavy atom. The highest BCUT2D eigenvalue weighted by Gasteiger charge is 2.22. The quantitative estimate of drug-likeness (QED) is 0.724. The number of imidazole rings is 1. The summed E-state index contributed by atoms with van der Waals surface area (Å²) in [5, 5.41) is 7.06. The molecule has 0 spiro atoms. The highest BCUT2D eigenvalue weighted by Crippen LogP contribution is 2.20. The lowest BCUT2D eigenvalue weighted by Crippen LogP contribution is -2.30. The Hall–Kier alpha value is -3.16. The number of carbonyl (C=O) groups excluding carboxylic acids is 2. The zero-order chi connectivity index (χ0) is 19.6. The van der Waals surface area contributed by atoms with E-state index < -0.39 is 0 Å². The number of nitrogens with one attached hydrogen (secondary N) is 1. The third kappa shape index (κ3) is 3.42. The van der Waals surface area contributed by atoms with Crippen LogP contribution in [0.1, 0.15) is 41.7 Å². The molecule has 2 amide bonds. The minimum absolute atomic E-state index is 0.185. The van der Waals surface area contributed by atoms with Gasteiger partial charge in [0.1, 0.15) is 5.69 Å². The van der Waals surface area contributed by atoms with E-state index in [0.717, 1.165) is 11.0 Å². The van der Waals surface area contributed by atoms with Crippen molar-refractivity contribution < 1.29 is 9.59 Å². The second kappa shape index (κ2) is 7.61. The number of benzene rings is 1. The van der Waals surface area contributed by atoms with Crippen LogP contribution in [0.15, 0.2) is 30.3 Å². The van der Waals surface area contributed by atoms with Crippen molar-refractivity contribution in [2.24, 2.45) is 7.05 Å². The Kier molecular flexibility index (Phi) is 5.25. The van der Waals surface area contributed by atoms with Gasteiger partial charge in [-0.3, -0.25) is 19.6 Å². The van der Waals surface area contributed by atoms with Gasteiger partial charge in [0.25, 0.3) is 11.8 Å². The van der Waals surface area contributed by atoms with Crippen LogP contribution < -0.4 is 5.32 Å². The minimum Gasteiger partial charge on any atom is -0.338 e. The number of rotatable bonds is 6. The van der Waals surface area contributed by atoms with Crippen molar-refractivity contribution in [2.75, 3.05) is 18.4 Å². The molecule has 27 heavy (non-hydrogen) atoms. The van der Waals surface area contributed by atoms with Gasteiger partial charge in [0.05, 0.1) is 11.0 Å². The first-order chi connectivity index (χ1) is 13.0. The van der Waals surface area contributed by atoms with Crippen LogP contribution >= 0.6 is 0 Å². The number of hydrogen-bond donors (Lipinski definition) is 1. The molecule has 3 aromatic rings. The summed E-state index contributed by atoms with van der Waals surface area (Å²) in [6.07, 6.45) is 0. The molecule has 0 saturated carbocycles. The number of carbonyl (C=O) groups is 2. The summed E-state index contributed by atoms with van der Waals surface area (Å²) in [5.41, 5.74) is 2.34. The number of para-hydroxylation sites is 2. The van der Waals surface area contributed by atoms with Crippen LogP contribution in [-0.4, -0.2) is 49.1 Å². The van der Waals surface area contributed by atoms with E-state index in [1.165, 1.54) is 10.7 Å². The highest BCUT2D eigenvalue weighted by molar-refractivity contribution is 6.04. The normalized spacial score (nSPS) is 11.0. The Morgan fingerprint density at radius 2 is 1.85 bits per heavy atom. The second-order valence-corrected chi connectivity index (χ2v) is 6.14. The monoisotopic (exact) mass is 368 g/mol. The molecule has 2 heterocycles. The van der Waals surface area contributed by atoms with Gasteiger partial charge >= 0.3 is 0 Å². The van der Waals surface area contributed by atoms with Gasteiger partial charge in [-0.1, -0.05) is 12.1 Å². The maximum Gasteiger partial charge on any atom is 0.276 e. The standard InChI is InChI=1S/C19H24N6O2/c1-5-24(6-2)18(27)14-12-16(23(4)22-14)17(26)21-19-20-13-10-8-9-11-15(13)25(19)7-3/h8-12H,5-7H2,1-4H3,(H,20,21,26). The first-order valence-corrected chi connectivity index (χ1v) is 9.10. The predicted molar refractivity (Wildman–Crippen MR) is 104 cm³/mol. The molecule has 0 fully saturated rings. The molecule has 1 N–H and O–H groups in total. The maximum absolute atomic E-state index is 12.8. The summed E-state index contributed by atoms with van der Waals surface area (Å²) < 4.78 is 3.36. The van der Waals surface area contributed by atoms with Gasteiger partial charge < -0.3 is 9.47 Å². The first-order valence-electron chi connectivity index (χ1n) is 9.10. The summed E-state index contributed by atoms with van der Waals surface area (Å²) in [5.74, 6) is -0.0643. The van der Waals surface area contributed by atoms with Gasteiger partial charge in [0, 0.05) is 32.7 Å². The Morgan fingerprint density at radius 1 is 1.15 bits per heavy atom. The Bertz CT molecular complexity index is 983. The second-order valence-electron chi connectivity index (χ2n) is 6.14. The molecule has 0 unspecified atom stereocenters. The molecule has 0 bridgehead atoms. The van der Waals surface area contributed by atoms with Crippen molar-refractivity contribution in [1.29, 1.82) is 0 Å². The van der Waals surface area contributed by atoms with E-state index >= 15 is 0 Å². The zero-order valence-corrected chi connectivity index (χ0v) is 16.1. The molecule has 0 radical (unpaired) electrons. The first kappa shape index (κ1) is 18.6. The lowest BCUT2D eigenvalue weighted by atomic mass is 10.3. The topological polar surface area (TPSA) is 85.0 Å². The van der Waals surface area contributed by atoms with Gasteiger partial charge in [0.2, 0.25) is 5.95 Å². The van der Waals surface area contributed by atoms with Crippen LogP contribution in [0.5, 0.6) is 0 Å². The third-order valence-corrected chi connectivity index (χ3v) is 4.58. The Labute approximate surface area is 157 Å². The van der Waals surface area contributed by atoms with E-state index in [4.69, 9.17) is 0 Å². The summed E-state index contributed by atoms with van der Waals surface area (Å²) in [6, 6.07) is 9.24. The summed E-state index contributed by atoms with van der Waals surface area (Å²) in [7, 11) is 1.65. The van der Waals surface area contributed by atoms with Crippen molar-refractivity contribution in [3.8, 4) is 0 Å². The fourth-order valence-corrected chi connectivity index (χ4v) is 3.11. The van der Waals surface area contributed by atoms with Crippen LogP contribution in [0.25, 0.3) is 11.0 Å². The SMILES string of the molecule is CCN(CC)C(=O)c1cc(C(=O)Nc2nc3ccccc3n2CC)n(C)n1. The van der Waals surface area contributed by atoms with Gasteiger partial charge in [-0.25, -0.2) is 4.98 Å². The lowest BCUT2D eigenvalue weighted by molar-refractivity contribution is 0.0766. The number of nitrogens with zero attached hydrogens (tertiary/aromatic N) is 5. The van der Waals surface area contributed by atoms with Crippen molar-refractivity contribution in [2.45, 2.75) is 27.3 Å². The minimum atomic E-state index is -0.353. The third-order valence-electron chi connectivity index (χ3n) is 4.58. The fourth-order valence-electron chi connectivity index (χ4n) is 3.11. The van der Waals surface area contributed by atoms with Crippen molar-refractivity contribution in [1.82, 2.24) is 24.2 Å². The molecular formula is C19H24N6O2. The van der Waals surface area contributed by atoms with Crippen LogP contribution in [0.4, 0.5) is 5.95 Å². The molecular weight excluding hydrogens is 344 g/mol. The van der Waals surface area contributed by atoms with Crippen molar-refractivity contribution in [3.63, 3.8) is 0 Å². The van der Waals surface area contributed by atoms with Gasteiger partial charge in [-0.05, 0) is 32.9 Å². The zero-order valence-electron chi connectivity index (χ0n) is 16.1. The predicted octanol–water partition coefficient (Wildman–Crippen LogP) is 2.52. The van der Waals surface area contributed by atoms with E-state index in [-0.39, 0.29) is 17.5 Å². The smallest absolute Gasteiger partial charge is 0.276 e.